The Kier molecular flexibility index (Phi) is 3.80. The summed E-state index contributed by atoms with van der Waals surface area (Å²) in [6.07, 6.45) is 13.6. The third kappa shape index (κ3) is 2.66. The molecule has 114 valence electrons. The summed E-state index contributed by atoms with van der Waals surface area (Å²) in [4.78, 5) is 14.2. The zero-order valence-corrected chi connectivity index (χ0v) is 12.8. The maximum atomic E-state index is 4.46. The van der Waals surface area contributed by atoms with Crippen LogP contribution in [-0.4, -0.2) is 46.6 Å². The van der Waals surface area contributed by atoms with E-state index in [4.69, 9.17) is 0 Å². The van der Waals surface area contributed by atoms with Gasteiger partial charge in [0, 0.05) is 37.6 Å². The summed E-state index contributed by atoms with van der Waals surface area (Å²) in [7, 11) is 0. The molecule has 1 aliphatic carbocycles. The highest BCUT2D eigenvalue weighted by Crippen LogP contribution is 2.35. The molecule has 0 spiro atoms. The van der Waals surface area contributed by atoms with Gasteiger partial charge in [-0.2, -0.15) is 0 Å². The maximum Gasteiger partial charge on any atom is 0.225 e. The Morgan fingerprint density at radius 3 is 2.48 bits per heavy atom. The van der Waals surface area contributed by atoms with Crippen molar-refractivity contribution in [3.63, 3.8) is 0 Å². The first-order valence-electron chi connectivity index (χ1n) is 8.69. The lowest BCUT2D eigenvalue weighted by Crippen LogP contribution is -2.45. The number of fused-ring (bicyclic) bond motifs is 1. The SMILES string of the molecule is c1cnc(N2C[C@@H]3CCCCN(C4CCCC4)[C@@H]3C2)nc1. The number of anilines is 1. The number of hydrogen-bond acceptors (Lipinski definition) is 4. The van der Waals surface area contributed by atoms with Crippen LogP contribution in [-0.2, 0) is 0 Å². The Bertz CT molecular complexity index is 457. The maximum absolute atomic E-state index is 4.46. The van der Waals surface area contributed by atoms with Crippen molar-refractivity contribution < 1.29 is 0 Å². The van der Waals surface area contributed by atoms with Crippen LogP contribution in [0.25, 0.3) is 0 Å². The van der Waals surface area contributed by atoms with Crippen LogP contribution >= 0.6 is 0 Å². The van der Waals surface area contributed by atoms with Gasteiger partial charge in [0.25, 0.3) is 0 Å². The van der Waals surface area contributed by atoms with Crippen LogP contribution in [0.15, 0.2) is 18.5 Å². The topological polar surface area (TPSA) is 32.3 Å². The summed E-state index contributed by atoms with van der Waals surface area (Å²) in [5.74, 6) is 1.74. The smallest absolute Gasteiger partial charge is 0.225 e. The quantitative estimate of drug-likeness (QED) is 0.837. The first-order chi connectivity index (χ1) is 10.4. The Morgan fingerprint density at radius 1 is 0.905 bits per heavy atom. The molecule has 2 aliphatic heterocycles. The standard InChI is InChI=1S/C17H26N4/c1-2-8-15(7-1)21-11-4-3-6-14-12-20(13-16(14)21)17-18-9-5-10-19-17/h5,9-10,14-16H,1-4,6-8,11-13H2/t14-,16+/m0/s1. The number of hydrogen-bond donors (Lipinski definition) is 0. The lowest BCUT2D eigenvalue weighted by molar-refractivity contribution is 0.130. The fraction of sp³-hybridized carbons (Fsp3) is 0.765. The van der Waals surface area contributed by atoms with E-state index in [1.165, 1.54) is 51.5 Å². The van der Waals surface area contributed by atoms with Crippen LogP contribution in [0.5, 0.6) is 0 Å². The van der Waals surface area contributed by atoms with E-state index in [2.05, 4.69) is 19.8 Å². The second kappa shape index (κ2) is 5.91. The van der Waals surface area contributed by atoms with Gasteiger partial charge in [-0.15, -0.1) is 0 Å². The lowest BCUT2D eigenvalue weighted by atomic mass is 9.97. The van der Waals surface area contributed by atoms with Crippen molar-refractivity contribution in [1.29, 1.82) is 0 Å². The van der Waals surface area contributed by atoms with E-state index in [1.807, 2.05) is 18.5 Å². The molecule has 3 heterocycles. The summed E-state index contributed by atoms with van der Waals surface area (Å²) in [6.45, 7) is 3.60. The first-order valence-corrected chi connectivity index (χ1v) is 8.69. The summed E-state index contributed by atoms with van der Waals surface area (Å²) in [6, 6.07) is 3.49. The van der Waals surface area contributed by atoms with E-state index in [-0.39, 0.29) is 0 Å². The Labute approximate surface area is 127 Å². The molecule has 21 heavy (non-hydrogen) atoms. The molecular weight excluding hydrogens is 260 g/mol. The van der Waals surface area contributed by atoms with Crippen molar-refractivity contribution in [3.8, 4) is 0 Å². The largest absolute Gasteiger partial charge is 0.339 e. The van der Waals surface area contributed by atoms with Crippen LogP contribution in [0.2, 0.25) is 0 Å². The van der Waals surface area contributed by atoms with Gasteiger partial charge in [-0.05, 0) is 44.2 Å². The molecule has 3 fully saturated rings. The van der Waals surface area contributed by atoms with Crippen molar-refractivity contribution in [2.24, 2.45) is 5.92 Å². The minimum atomic E-state index is 0.736. The van der Waals surface area contributed by atoms with Crippen LogP contribution in [0.4, 0.5) is 5.95 Å². The molecule has 1 saturated carbocycles. The minimum Gasteiger partial charge on any atom is -0.339 e. The van der Waals surface area contributed by atoms with Crippen LogP contribution < -0.4 is 4.90 Å². The number of aromatic nitrogens is 2. The Balaban J connectivity index is 1.53. The van der Waals surface area contributed by atoms with Gasteiger partial charge in [-0.3, -0.25) is 4.90 Å². The highest BCUT2D eigenvalue weighted by molar-refractivity contribution is 5.32. The number of rotatable bonds is 2. The molecule has 0 N–H and O–H groups in total. The van der Waals surface area contributed by atoms with E-state index in [0.29, 0.717) is 0 Å². The normalized spacial score (nSPS) is 31.3. The van der Waals surface area contributed by atoms with Crippen molar-refractivity contribution >= 4 is 5.95 Å². The van der Waals surface area contributed by atoms with Gasteiger partial charge in [-0.1, -0.05) is 19.3 Å². The van der Waals surface area contributed by atoms with E-state index in [1.54, 1.807) is 0 Å². The third-order valence-electron chi connectivity index (χ3n) is 5.70. The highest BCUT2D eigenvalue weighted by Gasteiger charge is 2.41. The zero-order chi connectivity index (χ0) is 14.1. The molecular formula is C17H26N4. The molecule has 2 saturated heterocycles. The third-order valence-corrected chi connectivity index (χ3v) is 5.70. The molecule has 0 bridgehead atoms. The second-order valence-corrected chi connectivity index (χ2v) is 6.95. The Morgan fingerprint density at radius 2 is 1.67 bits per heavy atom. The summed E-state index contributed by atoms with van der Waals surface area (Å²) in [5.41, 5.74) is 0. The zero-order valence-electron chi connectivity index (χ0n) is 12.8. The number of likely N-dealkylation sites (tertiary alicyclic amines) is 1. The van der Waals surface area contributed by atoms with Gasteiger partial charge >= 0.3 is 0 Å². The predicted octanol–water partition coefficient (Wildman–Crippen LogP) is 2.71. The molecule has 4 heteroatoms. The van der Waals surface area contributed by atoms with Gasteiger partial charge in [0.1, 0.15) is 0 Å². The van der Waals surface area contributed by atoms with Gasteiger partial charge in [0.05, 0.1) is 0 Å². The van der Waals surface area contributed by atoms with Crippen LogP contribution in [0.1, 0.15) is 44.9 Å². The van der Waals surface area contributed by atoms with Gasteiger partial charge < -0.3 is 4.90 Å². The molecule has 3 aliphatic rings. The van der Waals surface area contributed by atoms with Crippen LogP contribution in [0.3, 0.4) is 0 Å². The van der Waals surface area contributed by atoms with E-state index < -0.39 is 0 Å². The molecule has 0 radical (unpaired) electrons. The van der Waals surface area contributed by atoms with Crippen molar-refractivity contribution in [2.45, 2.75) is 57.0 Å². The minimum absolute atomic E-state index is 0.736. The van der Waals surface area contributed by atoms with Gasteiger partial charge in [0.15, 0.2) is 0 Å². The highest BCUT2D eigenvalue weighted by atomic mass is 15.3. The molecule has 1 aromatic heterocycles. The molecule has 2 atom stereocenters. The first kappa shape index (κ1) is 13.5. The fourth-order valence-electron chi connectivity index (χ4n) is 4.69. The summed E-state index contributed by atoms with van der Waals surface area (Å²) >= 11 is 0. The molecule has 0 aromatic carbocycles. The van der Waals surface area contributed by atoms with Gasteiger partial charge in [-0.25, -0.2) is 9.97 Å². The second-order valence-electron chi connectivity index (χ2n) is 6.95. The molecule has 0 amide bonds. The monoisotopic (exact) mass is 286 g/mol. The van der Waals surface area contributed by atoms with E-state index in [9.17, 15) is 0 Å². The Hall–Kier alpha value is -1.16. The molecule has 1 aromatic rings. The molecule has 0 unspecified atom stereocenters. The number of nitrogens with zero attached hydrogens (tertiary/aromatic N) is 4. The molecule has 4 nitrogen and oxygen atoms in total. The van der Waals surface area contributed by atoms with E-state index in [0.717, 1.165) is 37.0 Å². The average molecular weight is 286 g/mol. The van der Waals surface area contributed by atoms with Crippen molar-refractivity contribution in [2.75, 3.05) is 24.5 Å². The fourth-order valence-corrected chi connectivity index (χ4v) is 4.69. The van der Waals surface area contributed by atoms with Crippen molar-refractivity contribution in [3.05, 3.63) is 18.5 Å². The molecule has 4 rings (SSSR count). The predicted molar refractivity (Wildman–Crippen MR) is 84.3 cm³/mol. The van der Waals surface area contributed by atoms with E-state index >= 15 is 0 Å². The van der Waals surface area contributed by atoms with Crippen molar-refractivity contribution in [1.82, 2.24) is 14.9 Å². The average Bonchev–Trinajstić information content (AvgIpc) is 3.16. The van der Waals surface area contributed by atoms with Crippen LogP contribution in [0, 0.1) is 5.92 Å². The lowest BCUT2D eigenvalue weighted by Gasteiger charge is -2.35. The van der Waals surface area contributed by atoms with Gasteiger partial charge in [0.2, 0.25) is 5.95 Å². The summed E-state index contributed by atoms with van der Waals surface area (Å²) < 4.78 is 0. The summed E-state index contributed by atoms with van der Waals surface area (Å²) in [5, 5.41) is 0.